The van der Waals surface area contributed by atoms with Gasteiger partial charge < -0.3 is 19.9 Å². The largest absolute Gasteiger partial charge is 0.493 e. The van der Waals surface area contributed by atoms with E-state index in [4.69, 9.17) is 32.7 Å². The third-order valence-electron chi connectivity index (χ3n) is 3.93. The fourth-order valence-corrected chi connectivity index (χ4v) is 2.80. The molecular formula is C19H24Cl3NO3. The van der Waals surface area contributed by atoms with Crippen LogP contribution < -0.4 is 14.8 Å². The molecule has 0 fully saturated rings. The summed E-state index contributed by atoms with van der Waals surface area (Å²) in [6.45, 7) is 3.13. The number of hydrogen-bond acceptors (Lipinski definition) is 4. The summed E-state index contributed by atoms with van der Waals surface area (Å²) in [5.74, 6) is 1.30. The highest BCUT2D eigenvalue weighted by atomic mass is 35.5. The maximum absolute atomic E-state index is 9.24. The number of halogens is 3. The molecule has 2 aromatic carbocycles. The first-order valence-electron chi connectivity index (χ1n) is 8.15. The SMILES string of the molecule is CCC(CO)NCc1ccc(OCc2ccc(Cl)cc2Cl)c(OC)c1.Cl. The van der Waals surface area contributed by atoms with Crippen molar-refractivity contribution >= 4 is 35.6 Å². The Kier molecular flexibility index (Phi) is 10.1. The molecule has 144 valence electrons. The Balaban J connectivity index is 0.00000338. The molecule has 26 heavy (non-hydrogen) atoms. The second kappa shape index (κ2) is 11.5. The van der Waals surface area contributed by atoms with Gasteiger partial charge in [0.25, 0.3) is 0 Å². The van der Waals surface area contributed by atoms with Crippen LogP contribution in [-0.4, -0.2) is 24.9 Å². The average molecular weight is 421 g/mol. The molecule has 0 saturated heterocycles. The number of benzene rings is 2. The zero-order chi connectivity index (χ0) is 18.2. The van der Waals surface area contributed by atoms with E-state index in [0.29, 0.717) is 34.7 Å². The number of rotatable bonds is 9. The van der Waals surface area contributed by atoms with E-state index in [1.165, 1.54) is 0 Å². The van der Waals surface area contributed by atoms with Crippen LogP contribution in [0.25, 0.3) is 0 Å². The predicted octanol–water partition coefficient (Wildman–Crippen LogP) is 4.86. The lowest BCUT2D eigenvalue weighted by molar-refractivity contribution is 0.238. The molecule has 0 spiro atoms. The average Bonchev–Trinajstić information content (AvgIpc) is 2.62. The number of aliphatic hydroxyl groups is 1. The first-order valence-corrected chi connectivity index (χ1v) is 8.90. The zero-order valence-corrected chi connectivity index (χ0v) is 17.1. The molecule has 0 aliphatic heterocycles. The summed E-state index contributed by atoms with van der Waals surface area (Å²) >= 11 is 12.1. The van der Waals surface area contributed by atoms with Crippen molar-refractivity contribution in [1.82, 2.24) is 5.32 Å². The molecule has 0 aliphatic carbocycles. The molecular weight excluding hydrogens is 397 g/mol. The first-order chi connectivity index (χ1) is 12.1. The third kappa shape index (κ3) is 6.53. The summed E-state index contributed by atoms with van der Waals surface area (Å²) in [5.41, 5.74) is 1.91. The van der Waals surface area contributed by atoms with E-state index in [9.17, 15) is 5.11 Å². The minimum Gasteiger partial charge on any atom is -0.493 e. The Hall–Kier alpha value is -1.17. The minimum absolute atomic E-state index is 0. The van der Waals surface area contributed by atoms with Crippen molar-refractivity contribution in [3.05, 3.63) is 57.6 Å². The van der Waals surface area contributed by atoms with Gasteiger partial charge >= 0.3 is 0 Å². The molecule has 0 heterocycles. The molecule has 0 saturated carbocycles. The van der Waals surface area contributed by atoms with Crippen LogP contribution >= 0.6 is 35.6 Å². The minimum atomic E-state index is 0. The van der Waals surface area contributed by atoms with Crippen LogP contribution in [-0.2, 0) is 13.2 Å². The van der Waals surface area contributed by atoms with Gasteiger partial charge in [0.15, 0.2) is 11.5 Å². The quantitative estimate of drug-likeness (QED) is 0.608. The fraction of sp³-hybridized carbons (Fsp3) is 0.368. The molecule has 2 aromatic rings. The Morgan fingerprint density at radius 2 is 1.88 bits per heavy atom. The number of aliphatic hydroxyl groups excluding tert-OH is 1. The smallest absolute Gasteiger partial charge is 0.161 e. The molecule has 0 aliphatic rings. The molecule has 0 aromatic heterocycles. The molecule has 7 heteroatoms. The van der Waals surface area contributed by atoms with Crippen LogP contribution in [0, 0.1) is 0 Å². The Labute approximate surface area is 170 Å². The molecule has 0 bridgehead atoms. The monoisotopic (exact) mass is 419 g/mol. The topological polar surface area (TPSA) is 50.7 Å². The van der Waals surface area contributed by atoms with Gasteiger partial charge in [-0.25, -0.2) is 0 Å². The van der Waals surface area contributed by atoms with Crippen molar-refractivity contribution in [2.24, 2.45) is 0 Å². The van der Waals surface area contributed by atoms with Gasteiger partial charge in [0.1, 0.15) is 6.61 Å². The Morgan fingerprint density at radius 3 is 2.50 bits per heavy atom. The second-order valence-corrected chi connectivity index (χ2v) is 6.52. The van der Waals surface area contributed by atoms with E-state index in [1.54, 1.807) is 19.2 Å². The molecule has 2 N–H and O–H groups in total. The van der Waals surface area contributed by atoms with Gasteiger partial charge in [-0.3, -0.25) is 0 Å². The number of hydrogen-bond donors (Lipinski definition) is 2. The van der Waals surface area contributed by atoms with E-state index < -0.39 is 0 Å². The van der Waals surface area contributed by atoms with Crippen LogP contribution in [0.4, 0.5) is 0 Å². The summed E-state index contributed by atoms with van der Waals surface area (Å²) in [7, 11) is 1.61. The number of ether oxygens (including phenoxy) is 2. The number of methoxy groups -OCH3 is 1. The van der Waals surface area contributed by atoms with Gasteiger partial charge in [-0.2, -0.15) is 0 Å². The summed E-state index contributed by atoms with van der Waals surface area (Å²) in [6.07, 6.45) is 0.872. The zero-order valence-electron chi connectivity index (χ0n) is 14.8. The molecule has 0 amide bonds. The van der Waals surface area contributed by atoms with Crippen LogP contribution in [0.5, 0.6) is 11.5 Å². The Morgan fingerprint density at radius 1 is 1.12 bits per heavy atom. The van der Waals surface area contributed by atoms with Crippen molar-refractivity contribution in [2.75, 3.05) is 13.7 Å². The molecule has 0 radical (unpaired) electrons. The first kappa shape index (κ1) is 22.9. The van der Waals surface area contributed by atoms with Crippen molar-refractivity contribution in [1.29, 1.82) is 0 Å². The standard InChI is InChI=1S/C19H23Cl2NO3.ClH/c1-3-16(11-23)22-10-13-4-7-18(19(8-13)24-2)25-12-14-5-6-15(20)9-17(14)21;/h4-9,16,22-23H,3,10-12H2,1-2H3;1H. The lowest BCUT2D eigenvalue weighted by Gasteiger charge is -2.16. The highest BCUT2D eigenvalue weighted by molar-refractivity contribution is 6.35. The summed E-state index contributed by atoms with van der Waals surface area (Å²) in [4.78, 5) is 0. The molecule has 2 rings (SSSR count). The summed E-state index contributed by atoms with van der Waals surface area (Å²) in [5, 5.41) is 13.7. The van der Waals surface area contributed by atoms with E-state index in [1.807, 2.05) is 31.2 Å². The second-order valence-electron chi connectivity index (χ2n) is 5.68. The lowest BCUT2D eigenvalue weighted by Crippen LogP contribution is -2.31. The normalized spacial score (nSPS) is 11.6. The van der Waals surface area contributed by atoms with Crippen LogP contribution in [0.3, 0.4) is 0 Å². The van der Waals surface area contributed by atoms with Crippen molar-refractivity contribution < 1.29 is 14.6 Å². The van der Waals surface area contributed by atoms with Gasteiger partial charge in [-0.15, -0.1) is 12.4 Å². The van der Waals surface area contributed by atoms with Gasteiger partial charge in [-0.1, -0.05) is 42.3 Å². The lowest BCUT2D eigenvalue weighted by atomic mass is 10.1. The van der Waals surface area contributed by atoms with E-state index >= 15 is 0 Å². The van der Waals surface area contributed by atoms with Gasteiger partial charge in [0.2, 0.25) is 0 Å². The van der Waals surface area contributed by atoms with E-state index in [-0.39, 0.29) is 25.1 Å². The van der Waals surface area contributed by atoms with Crippen molar-refractivity contribution in [2.45, 2.75) is 32.5 Å². The maximum Gasteiger partial charge on any atom is 0.161 e. The third-order valence-corrected chi connectivity index (χ3v) is 4.52. The Bertz CT molecular complexity index is 694. The van der Waals surface area contributed by atoms with E-state index in [2.05, 4.69) is 5.32 Å². The van der Waals surface area contributed by atoms with E-state index in [0.717, 1.165) is 17.5 Å². The van der Waals surface area contributed by atoms with Crippen LogP contribution in [0.1, 0.15) is 24.5 Å². The summed E-state index contributed by atoms with van der Waals surface area (Å²) in [6, 6.07) is 11.2. The predicted molar refractivity (Wildman–Crippen MR) is 109 cm³/mol. The highest BCUT2D eigenvalue weighted by Gasteiger charge is 2.09. The van der Waals surface area contributed by atoms with Gasteiger partial charge in [0, 0.05) is 28.2 Å². The molecule has 1 atom stereocenters. The fourth-order valence-electron chi connectivity index (χ4n) is 2.34. The highest BCUT2D eigenvalue weighted by Crippen LogP contribution is 2.30. The van der Waals surface area contributed by atoms with Crippen molar-refractivity contribution in [3.8, 4) is 11.5 Å². The van der Waals surface area contributed by atoms with Gasteiger partial charge in [0.05, 0.1) is 13.7 Å². The molecule has 1 unspecified atom stereocenters. The number of nitrogens with one attached hydrogen (secondary N) is 1. The maximum atomic E-state index is 9.24. The molecule has 4 nitrogen and oxygen atoms in total. The summed E-state index contributed by atoms with van der Waals surface area (Å²) < 4.78 is 11.3. The van der Waals surface area contributed by atoms with Crippen molar-refractivity contribution in [3.63, 3.8) is 0 Å². The van der Waals surface area contributed by atoms with Gasteiger partial charge in [-0.05, 0) is 36.2 Å². The van der Waals surface area contributed by atoms with Crippen LogP contribution in [0.15, 0.2) is 36.4 Å². The van der Waals surface area contributed by atoms with Crippen LogP contribution in [0.2, 0.25) is 10.0 Å².